The standard InChI is InChI=1S/C10H9IN2O/c1-6-3-4-8-9(5-6)13(7(2)14)12-10(8)11/h3-5H,1-2H3. The molecule has 2 aromatic rings. The van der Waals surface area contributed by atoms with Crippen molar-refractivity contribution in [2.45, 2.75) is 13.8 Å². The molecular weight excluding hydrogens is 291 g/mol. The molecule has 4 heteroatoms. The zero-order valence-electron chi connectivity index (χ0n) is 7.91. The maximum Gasteiger partial charge on any atom is 0.244 e. The molecule has 0 aliphatic rings. The van der Waals surface area contributed by atoms with Crippen LogP contribution in [0.25, 0.3) is 10.9 Å². The van der Waals surface area contributed by atoms with Gasteiger partial charge in [-0.1, -0.05) is 6.07 Å². The highest BCUT2D eigenvalue weighted by atomic mass is 127. The lowest BCUT2D eigenvalue weighted by molar-refractivity contribution is 0.0926. The minimum absolute atomic E-state index is 0.0523. The fourth-order valence-electron chi connectivity index (χ4n) is 1.43. The molecule has 0 radical (unpaired) electrons. The average molecular weight is 300 g/mol. The molecule has 0 saturated heterocycles. The third kappa shape index (κ3) is 1.43. The van der Waals surface area contributed by atoms with Crippen molar-refractivity contribution < 1.29 is 4.79 Å². The topological polar surface area (TPSA) is 34.9 Å². The first-order chi connectivity index (χ1) is 6.59. The first kappa shape index (κ1) is 9.64. The molecular formula is C10H9IN2O. The molecule has 72 valence electrons. The second-order valence-electron chi connectivity index (χ2n) is 3.24. The molecule has 0 aliphatic heterocycles. The van der Waals surface area contributed by atoms with E-state index >= 15 is 0 Å². The van der Waals surface area contributed by atoms with Gasteiger partial charge in [0.1, 0.15) is 3.70 Å². The molecule has 1 aromatic carbocycles. The fraction of sp³-hybridized carbons (Fsp3) is 0.200. The summed E-state index contributed by atoms with van der Waals surface area (Å²) in [4.78, 5) is 11.3. The minimum Gasteiger partial charge on any atom is -0.273 e. The Morgan fingerprint density at radius 3 is 2.86 bits per heavy atom. The van der Waals surface area contributed by atoms with Crippen molar-refractivity contribution in [1.29, 1.82) is 0 Å². The van der Waals surface area contributed by atoms with Crippen molar-refractivity contribution in [2.75, 3.05) is 0 Å². The smallest absolute Gasteiger partial charge is 0.244 e. The van der Waals surface area contributed by atoms with Gasteiger partial charge in [0.25, 0.3) is 0 Å². The predicted molar refractivity (Wildman–Crippen MR) is 63.5 cm³/mol. The predicted octanol–water partition coefficient (Wildman–Crippen LogP) is 2.61. The Labute approximate surface area is 95.2 Å². The van der Waals surface area contributed by atoms with Crippen LogP contribution in [-0.4, -0.2) is 15.7 Å². The second-order valence-corrected chi connectivity index (χ2v) is 4.26. The van der Waals surface area contributed by atoms with Gasteiger partial charge in [-0.3, -0.25) is 4.79 Å². The van der Waals surface area contributed by atoms with Gasteiger partial charge in [-0.2, -0.15) is 9.78 Å². The molecule has 0 spiro atoms. The van der Waals surface area contributed by atoms with E-state index in [-0.39, 0.29) is 5.91 Å². The number of benzene rings is 1. The molecule has 0 fully saturated rings. The first-order valence-corrected chi connectivity index (χ1v) is 5.33. The highest BCUT2D eigenvalue weighted by Gasteiger charge is 2.10. The molecule has 1 aromatic heterocycles. The number of carbonyl (C=O) groups is 1. The summed E-state index contributed by atoms with van der Waals surface area (Å²) in [5.41, 5.74) is 2.03. The van der Waals surface area contributed by atoms with Gasteiger partial charge in [0, 0.05) is 12.3 Å². The van der Waals surface area contributed by atoms with E-state index in [9.17, 15) is 4.79 Å². The Morgan fingerprint density at radius 2 is 2.21 bits per heavy atom. The van der Waals surface area contributed by atoms with Crippen LogP contribution in [-0.2, 0) is 0 Å². The van der Waals surface area contributed by atoms with E-state index in [2.05, 4.69) is 27.7 Å². The lowest BCUT2D eigenvalue weighted by atomic mass is 10.2. The average Bonchev–Trinajstić information content (AvgIpc) is 2.43. The zero-order chi connectivity index (χ0) is 10.3. The van der Waals surface area contributed by atoms with Crippen molar-refractivity contribution >= 4 is 39.4 Å². The zero-order valence-corrected chi connectivity index (χ0v) is 10.1. The third-order valence-corrected chi connectivity index (χ3v) is 2.89. The maximum absolute atomic E-state index is 11.3. The Morgan fingerprint density at radius 1 is 1.50 bits per heavy atom. The number of rotatable bonds is 0. The van der Waals surface area contributed by atoms with Crippen LogP contribution >= 0.6 is 22.6 Å². The van der Waals surface area contributed by atoms with Crippen molar-refractivity contribution in [3.63, 3.8) is 0 Å². The molecule has 0 bridgehead atoms. The van der Waals surface area contributed by atoms with Crippen LogP contribution in [0.2, 0.25) is 0 Å². The van der Waals surface area contributed by atoms with Gasteiger partial charge in [0.05, 0.1) is 5.52 Å². The van der Waals surface area contributed by atoms with E-state index in [1.54, 1.807) is 0 Å². The summed E-state index contributed by atoms with van der Waals surface area (Å²) in [6, 6.07) is 6.00. The summed E-state index contributed by atoms with van der Waals surface area (Å²) in [5, 5.41) is 5.22. The normalized spacial score (nSPS) is 10.8. The SMILES string of the molecule is CC(=O)n1nc(I)c2ccc(C)cc21. The molecule has 0 atom stereocenters. The number of carbonyl (C=O) groups excluding carboxylic acids is 1. The molecule has 0 aliphatic carbocycles. The molecule has 2 rings (SSSR count). The van der Waals surface area contributed by atoms with E-state index in [0.717, 1.165) is 20.2 Å². The first-order valence-electron chi connectivity index (χ1n) is 4.25. The third-order valence-electron chi connectivity index (χ3n) is 2.09. The van der Waals surface area contributed by atoms with Crippen LogP contribution in [0, 0.1) is 10.6 Å². The summed E-state index contributed by atoms with van der Waals surface area (Å²) in [5.74, 6) is -0.0523. The van der Waals surface area contributed by atoms with E-state index in [0.29, 0.717) is 0 Å². The molecule has 1 heterocycles. The number of fused-ring (bicyclic) bond motifs is 1. The van der Waals surface area contributed by atoms with Crippen LogP contribution in [0.1, 0.15) is 17.3 Å². The van der Waals surface area contributed by atoms with Crippen molar-refractivity contribution in [2.24, 2.45) is 0 Å². The summed E-state index contributed by atoms with van der Waals surface area (Å²) in [6.45, 7) is 3.52. The lowest BCUT2D eigenvalue weighted by Gasteiger charge is -1.97. The molecule has 0 unspecified atom stereocenters. The van der Waals surface area contributed by atoms with E-state index in [1.807, 2.05) is 25.1 Å². The van der Waals surface area contributed by atoms with Crippen LogP contribution in [0.3, 0.4) is 0 Å². The minimum atomic E-state index is -0.0523. The fourth-order valence-corrected chi connectivity index (χ4v) is 2.10. The molecule has 3 nitrogen and oxygen atoms in total. The largest absolute Gasteiger partial charge is 0.273 e. The summed E-state index contributed by atoms with van der Waals surface area (Å²) >= 11 is 2.14. The lowest BCUT2D eigenvalue weighted by Crippen LogP contribution is -2.07. The summed E-state index contributed by atoms with van der Waals surface area (Å²) in [6.07, 6.45) is 0. The van der Waals surface area contributed by atoms with Gasteiger partial charge >= 0.3 is 0 Å². The molecule has 14 heavy (non-hydrogen) atoms. The van der Waals surface area contributed by atoms with Gasteiger partial charge in [0.15, 0.2) is 0 Å². The Kier molecular flexibility index (Phi) is 2.30. The summed E-state index contributed by atoms with van der Waals surface area (Å²) in [7, 11) is 0. The number of hydrogen-bond acceptors (Lipinski definition) is 2. The number of hydrogen-bond donors (Lipinski definition) is 0. The maximum atomic E-state index is 11.3. The number of halogens is 1. The second kappa shape index (κ2) is 3.34. The Hall–Kier alpha value is -0.910. The monoisotopic (exact) mass is 300 g/mol. The van der Waals surface area contributed by atoms with E-state index < -0.39 is 0 Å². The molecule has 0 amide bonds. The van der Waals surface area contributed by atoms with Crippen LogP contribution in [0.4, 0.5) is 0 Å². The Balaban J connectivity index is 2.85. The van der Waals surface area contributed by atoms with Crippen molar-refractivity contribution in [3.8, 4) is 0 Å². The van der Waals surface area contributed by atoms with Crippen molar-refractivity contribution in [3.05, 3.63) is 27.5 Å². The van der Waals surface area contributed by atoms with Crippen molar-refractivity contribution in [1.82, 2.24) is 9.78 Å². The number of aromatic nitrogens is 2. The van der Waals surface area contributed by atoms with Crippen LogP contribution in [0.5, 0.6) is 0 Å². The van der Waals surface area contributed by atoms with Crippen LogP contribution < -0.4 is 0 Å². The summed E-state index contributed by atoms with van der Waals surface area (Å²) < 4.78 is 2.32. The molecule has 0 N–H and O–H groups in total. The highest BCUT2D eigenvalue weighted by Crippen LogP contribution is 2.21. The van der Waals surface area contributed by atoms with Crippen LogP contribution in [0.15, 0.2) is 18.2 Å². The van der Waals surface area contributed by atoms with E-state index in [4.69, 9.17) is 0 Å². The number of nitrogens with zero attached hydrogens (tertiary/aromatic N) is 2. The van der Waals surface area contributed by atoms with Gasteiger partial charge in [0.2, 0.25) is 5.91 Å². The van der Waals surface area contributed by atoms with E-state index in [1.165, 1.54) is 11.6 Å². The van der Waals surface area contributed by atoms with Gasteiger partial charge < -0.3 is 0 Å². The van der Waals surface area contributed by atoms with Gasteiger partial charge in [-0.05, 0) is 47.2 Å². The number of aryl methyl sites for hydroxylation is 1. The highest BCUT2D eigenvalue weighted by molar-refractivity contribution is 14.1. The van der Waals surface area contributed by atoms with Gasteiger partial charge in [-0.25, -0.2) is 0 Å². The van der Waals surface area contributed by atoms with Gasteiger partial charge in [-0.15, -0.1) is 0 Å². The Bertz CT molecular complexity index is 516. The molecule has 0 saturated carbocycles. The quantitative estimate of drug-likeness (QED) is 0.701.